The Labute approximate surface area is 106 Å². The number of rotatable bonds is 3. The molecular formula is C13H14ClN3. The summed E-state index contributed by atoms with van der Waals surface area (Å²) in [6.07, 6.45) is 3.60. The fraction of sp³-hybridized carbons (Fsp3) is 0.231. The van der Waals surface area contributed by atoms with Crippen LogP contribution >= 0.6 is 11.6 Å². The van der Waals surface area contributed by atoms with Crippen LogP contribution in [0.15, 0.2) is 30.6 Å². The molecule has 88 valence electrons. The van der Waals surface area contributed by atoms with Crippen LogP contribution in [-0.4, -0.2) is 9.97 Å². The van der Waals surface area contributed by atoms with Gasteiger partial charge >= 0.3 is 0 Å². The molecule has 0 spiro atoms. The van der Waals surface area contributed by atoms with E-state index in [1.807, 2.05) is 38.2 Å². The first kappa shape index (κ1) is 11.9. The molecule has 0 aliphatic rings. The highest BCUT2D eigenvalue weighted by molar-refractivity contribution is 6.31. The predicted molar refractivity (Wildman–Crippen MR) is 70.3 cm³/mol. The number of hydrogen-bond acceptors (Lipinski definition) is 3. The first-order chi connectivity index (χ1) is 8.15. The first-order valence-electron chi connectivity index (χ1n) is 5.43. The lowest BCUT2D eigenvalue weighted by atomic mass is 10.2. The van der Waals surface area contributed by atoms with Crippen molar-refractivity contribution >= 4 is 17.3 Å². The largest absolute Gasteiger partial charge is 0.377 e. The van der Waals surface area contributed by atoms with Crippen LogP contribution in [0.3, 0.4) is 0 Å². The average molecular weight is 248 g/mol. The van der Waals surface area contributed by atoms with E-state index in [9.17, 15) is 0 Å². The van der Waals surface area contributed by atoms with Gasteiger partial charge in [0.15, 0.2) is 5.15 Å². The van der Waals surface area contributed by atoms with Crippen LogP contribution in [0.25, 0.3) is 0 Å². The number of halogens is 1. The Kier molecular flexibility index (Phi) is 3.59. The van der Waals surface area contributed by atoms with Gasteiger partial charge in [-0.15, -0.1) is 0 Å². The highest BCUT2D eigenvalue weighted by atomic mass is 35.5. The average Bonchev–Trinajstić information content (AvgIpc) is 2.32. The minimum atomic E-state index is 0.489. The monoisotopic (exact) mass is 247 g/mol. The second-order valence-electron chi connectivity index (χ2n) is 4.03. The maximum Gasteiger partial charge on any atom is 0.152 e. The minimum Gasteiger partial charge on any atom is -0.377 e. The van der Waals surface area contributed by atoms with Gasteiger partial charge < -0.3 is 5.32 Å². The van der Waals surface area contributed by atoms with E-state index in [0.29, 0.717) is 11.7 Å². The van der Waals surface area contributed by atoms with E-state index in [4.69, 9.17) is 11.6 Å². The zero-order valence-electron chi connectivity index (χ0n) is 9.87. The molecule has 0 aliphatic carbocycles. The van der Waals surface area contributed by atoms with Crippen molar-refractivity contribution < 1.29 is 0 Å². The van der Waals surface area contributed by atoms with E-state index >= 15 is 0 Å². The number of nitrogens with zero attached hydrogens (tertiary/aromatic N) is 2. The molecule has 0 saturated heterocycles. The zero-order valence-corrected chi connectivity index (χ0v) is 10.6. The van der Waals surface area contributed by atoms with Crippen molar-refractivity contribution in [1.82, 2.24) is 9.97 Å². The summed E-state index contributed by atoms with van der Waals surface area (Å²) in [6, 6.07) is 6.02. The summed E-state index contributed by atoms with van der Waals surface area (Å²) in [7, 11) is 0. The Bertz CT molecular complexity index is 509. The Morgan fingerprint density at radius 3 is 2.59 bits per heavy atom. The van der Waals surface area contributed by atoms with Crippen molar-refractivity contribution in [3.63, 3.8) is 0 Å². The summed E-state index contributed by atoms with van der Waals surface area (Å²) in [4.78, 5) is 8.41. The molecule has 2 heterocycles. The fourth-order valence-electron chi connectivity index (χ4n) is 1.47. The standard InChI is InChI=1S/C13H14ClN3/c1-9-3-4-11(15-6-9)8-16-12-5-10(2)7-17-13(12)14/h3-7,16H,8H2,1-2H3. The molecule has 2 rings (SSSR count). The first-order valence-corrected chi connectivity index (χ1v) is 5.80. The number of hydrogen-bond donors (Lipinski definition) is 1. The van der Waals surface area contributed by atoms with E-state index in [1.54, 1.807) is 6.20 Å². The molecule has 4 heteroatoms. The normalized spacial score (nSPS) is 10.3. The molecule has 0 radical (unpaired) electrons. The van der Waals surface area contributed by atoms with Crippen LogP contribution in [0.4, 0.5) is 5.69 Å². The molecule has 0 aromatic carbocycles. The lowest BCUT2D eigenvalue weighted by Crippen LogP contribution is -2.03. The van der Waals surface area contributed by atoms with E-state index in [1.165, 1.54) is 0 Å². The maximum absolute atomic E-state index is 5.99. The summed E-state index contributed by atoms with van der Waals surface area (Å²) in [5.41, 5.74) is 4.06. The second kappa shape index (κ2) is 5.15. The topological polar surface area (TPSA) is 37.8 Å². The van der Waals surface area contributed by atoms with E-state index in [2.05, 4.69) is 15.3 Å². The number of aromatic nitrogens is 2. The van der Waals surface area contributed by atoms with Crippen LogP contribution in [0, 0.1) is 13.8 Å². The quantitative estimate of drug-likeness (QED) is 0.846. The van der Waals surface area contributed by atoms with Crippen molar-refractivity contribution in [3.05, 3.63) is 52.6 Å². The Balaban J connectivity index is 2.07. The van der Waals surface area contributed by atoms with Gasteiger partial charge in [0.05, 0.1) is 17.9 Å². The van der Waals surface area contributed by atoms with Crippen LogP contribution in [0.5, 0.6) is 0 Å². The minimum absolute atomic E-state index is 0.489. The number of nitrogens with one attached hydrogen (secondary N) is 1. The third-order valence-corrected chi connectivity index (χ3v) is 2.71. The Morgan fingerprint density at radius 2 is 1.88 bits per heavy atom. The van der Waals surface area contributed by atoms with Crippen LogP contribution in [-0.2, 0) is 6.54 Å². The van der Waals surface area contributed by atoms with Crippen molar-refractivity contribution in [3.8, 4) is 0 Å². The third-order valence-electron chi connectivity index (χ3n) is 2.41. The van der Waals surface area contributed by atoms with Gasteiger partial charge in [0.25, 0.3) is 0 Å². The molecule has 0 unspecified atom stereocenters. The van der Waals surface area contributed by atoms with Gasteiger partial charge in [0.2, 0.25) is 0 Å². The molecular weight excluding hydrogens is 234 g/mol. The highest BCUT2D eigenvalue weighted by Gasteiger charge is 2.02. The summed E-state index contributed by atoms with van der Waals surface area (Å²) in [6.45, 7) is 4.65. The third kappa shape index (κ3) is 3.17. The molecule has 2 aromatic rings. The molecule has 17 heavy (non-hydrogen) atoms. The highest BCUT2D eigenvalue weighted by Crippen LogP contribution is 2.20. The Morgan fingerprint density at radius 1 is 1.12 bits per heavy atom. The smallest absolute Gasteiger partial charge is 0.152 e. The fourth-order valence-corrected chi connectivity index (χ4v) is 1.64. The Hall–Kier alpha value is -1.61. The summed E-state index contributed by atoms with van der Waals surface area (Å²) >= 11 is 5.99. The lowest BCUT2D eigenvalue weighted by Gasteiger charge is -2.08. The SMILES string of the molecule is Cc1ccc(CNc2cc(C)cnc2Cl)nc1. The second-order valence-corrected chi connectivity index (χ2v) is 4.39. The molecule has 0 bridgehead atoms. The summed E-state index contributed by atoms with van der Waals surface area (Å²) < 4.78 is 0. The van der Waals surface area contributed by atoms with Crippen LogP contribution < -0.4 is 5.32 Å². The van der Waals surface area contributed by atoms with E-state index < -0.39 is 0 Å². The number of pyridine rings is 2. The predicted octanol–water partition coefficient (Wildman–Crippen LogP) is 3.36. The van der Waals surface area contributed by atoms with Crippen molar-refractivity contribution in [2.75, 3.05) is 5.32 Å². The summed E-state index contributed by atoms with van der Waals surface area (Å²) in [5.74, 6) is 0. The van der Waals surface area contributed by atoms with Gasteiger partial charge in [0.1, 0.15) is 0 Å². The van der Waals surface area contributed by atoms with Gasteiger partial charge in [-0.1, -0.05) is 17.7 Å². The molecule has 0 saturated carbocycles. The van der Waals surface area contributed by atoms with Crippen LogP contribution in [0.1, 0.15) is 16.8 Å². The van der Waals surface area contributed by atoms with Gasteiger partial charge in [0, 0.05) is 12.4 Å². The summed E-state index contributed by atoms with van der Waals surface area (Å²) in [5, 5.41) is 3.72. The number of aryl methyl sites for hydroxylation is 2. The molecule has 0 aliphatic heterocycles. The van der Waals surface area contributed by atoms with Gasteiger partial charge in [-0.05, 0) is 37.1 Å². The molecule has 2 aromatic heterocycles. The molecule has 0 fully saturated rings. The van der Waals surface area contributed by atoms with Gasteiger partial charge in [-0.2, -0.15) is 0 Å². The van der Waals surface area contributed by atoms with E-state index in [-0.39, 0.29) is 0 Å². The van der Waals surface area contributed by atoms with Crippen molar-refractivity contribution in [1.29, 1.82) is 0 Å². The molecule has 3 nitrogen and oxygen atoms in total. The van der Waals surface area contributed by atoms with Gasteiger partial charge in [-0.25, -0.2) is 4.98 Å². The van der Waals surface area contributed by atoms with Gasteiger partial charge in [-0.3, -0.25) is 4.98 Å². The molecule has 0 atom stereocenters. The van der Waals surface area contributed by atoms with Crippen LogP contribution in [0.2, 0.25) is 5.15 Å². The lowest BCUT2D eigenvalue weighted by molar-refractivity contribution is 1.03. The van der Waals surface area contributed by atoms with E-state index in [0.717, 1.165) is 22.5 Å². The molecule has 0 amide bonds. The zero-order chi connectivity index (χ0) is 12.3. The van der Waals surface area contributed by atoms with Crippen molar-refractivity contribution in [2.24, 2.45) is 0 Å². The maximum atomic E-state index is 5.99. The number of anilines is 1. The molecule has 1 N–H and O–H groups in total. The van der Waals surface area contributed by atoms with Crippen molar-refractivity contribution in [2.45, 2.75) is 20.4 Å².